The Morgan fingerprint density at radius 3 is 2.57 bits per heavy atom. The van der Waals surface area contributed by atoms with Crippen molar-refractivity contribution in [2.75, 3.05) is 5.32 Å². The quantitative estimate of drug-likeness (QED) is 0.858. The number of rotatable bonds is 2. The number of aromatic nitrogens is 2. The van der Waals surface area contributed by atoms with Crippen molar-refractivity contribution in [3.63, 3.8) is 0 Å². The van der Waals surface area contributed by atoms with E-state index in [4.69, 9.17) is 11.6 Å². The maximum atomic E-state index is 14.0. The smallest absolute Gasteiger partial charge is 0.311 e. The summed E-state index contributed by atoms with van der Waals surface area (Å²) in [6, 6.07) is 2.27. The molecule has 0 bridgehead atoms. The molecule has 0 radical (unpaired) electrons. The van der Waals surface area contributed by atoms with Gasteiger partial charge in [-0.2, -0.15) is 18.3 Å². The number of hydrogen-bond acceptors (Lipinski definition) is 2. The minimum atomic E-state index is -4.71. The van der Waals surface area contributed by atoms with Gasteiger partial charge in [0.15, 0.2) is 5.82 Å². The van der Waals surface area contributed by atoms with Crippen molar-refractivity contribution in [1.29, 1.82) is 0 Å². The van der Waals surface area contributed by atoms with E-state index in [1.165, 1.54) is 19.2 Å². The Kier molecular flexibility index (Phi) is 3.91. The van der Waals surface area contributed by atoms with E-state index < -0.39 is 28.5 Å². The molecule has 4 nitrogen and oxygen atoms in total. The van der Waals surface area contributed by atoms with Gasteiger partial charge in [-0.15, -0.1) is 0 Å². The molecule has 1 aromatic heterocycles. The van der Waals surface area contributed by atoms with Crippen LogP contribution in [0.1, 0.15) is 12.5 Å². The van der Waals surface area contributed by atoms with E-state index in [1.54, 1.807) is 0 Å². The summed E-state index contributed by atoms with van der Waals surface area (Å²) in [5, 5.41) is 5.64. The summed E-state index contributed by atoms with van der Waals surface area (Å²) in [6.07, 6.45) is -3.47. The molecule has 2 rings (SSSR count). The van der Waals surface area contributed by atoms with Crippen LogP contribution in [0.3, 0.4) is 0 Å². The molecule has 0 spiro atoms. The zero-order valence-corrected chi connectivity index (χ0v) is 11.3. The summed E-state index contributed by atoms with van der Waals surface area (Å²) in [4.78, 5) is 11.0. The van der Waals surface area contributed by atoms with Gasteiger partial charge in [-0.05, 0) is 12.1 Å². The Bertz CT molecular complexity index is 673. The van der Waals surface area contributed by atoms with Crippen molar-refractivity contribution >= 4 is 23.3 Å². The molecule has 1 aromatic carbocycles. The van der Waals surface area contributed by atoms with Gasteiger partial charge in [0, 0.05) is 13.0 Å². The molecule has 1 N–H and O–H groups in total. The van der Waals surface area contributed by atoms with E-state index in [0.29, 0.717) is 12.1 Å². The molecular formula is C12H8ClF4N3O. The van der Waals surface area contributed by atoms with Crippen molar-refractivity contribution in [2.24, 2.45) is 0 Å². The number of amides is 1. The third-order valence-electron chi connectivity index (χ3n) is 2.50. The van der Waals surface area contributed by atoms with E-state index in [-0.39, 0.29) is 11.5 Å². The molecule has 0 saturated heterocycles. The fourth-order valence-corrected chi connectivity index (χ4v) is 1.98. The average molecular weight is 322 g/mol. The number of benzene rings is 1. The number of carbonyl (C=O) groups is 1. The van der Waals surface area contributed by atoms with Gasteiger partial charge in [-0.25, -0.2) is 9.07 Å². The van der Waals surface area contributed by atoms with Gasteiger partial charge in [-0.3, -0.25) is 4.79 Å². The molecular weight excluding hydrogens is 314 g/mol. The summed E-state index contributed by atoms with van der Waals surface area (Å²) in [6.45, 7) is 1.22. The first-order valence-electron chi connectivity index (χ1n) is 5.58. The van der Waals surface area contributed by atoms with Crippen molar-refractivity contribution in [3.05, 3.63) is 40.8 Å². The second kappa shape index (κ2) is 5.36. The van der Waals surface area contributed by atoms with Crippen LogP contribution in [0.25, 0.3) is 5.69 Å². The molecule has 0 atom stereocenters. The van der Waals surface area contributed by atoms with Gasteiger partial charge in [-0.1, -0.05) is 11.6 Å². The fourth-order valence-electron chi connectivity index (χ4n) is 1.69. The minimum absolute atomic E-state index is 0.0862. The standard InChI is InChI=1S/C12H8ClF4N3O/c1-6(21)19-10-2-3-18-20(10)11-8(13)4-7(5-9(11)14)12(15,16)17/h2-5H,1H3,(H,19,21). The van der Waals surface area contributed by atoms with Crippen LogP contribution in [0.4, 0.5) is 23.4 Å². The third-order valence-corrected chi connectivity index (χ3v) is 2.79. The zero-order valence-electron chi connectivity index (χ0n) is 10.5. The van der Waals surface area contributed by atoms with Crippen LogP contribution in [0, 0.1) is 5.82 Å². The number of carbonyl (C=O) groups excluding carboxylic acids is 1. The SMILES string of the molecule is CC(=O)Nc1ccnn1-c1c(F)cc(C(F)(F)F)cc1Cl. The largest absolute Gasteiger partial charge is 0.416 e. The van der Waals surface area contributed by atoms with Gasteiger partial charge in [0.2, 0.25) is 5.91 Å². The topological polar surface area (TPSA) is 46.9 Å². The molecule has 112 valence electrons. The monoisotopic (exact) mass is 321 g/mol. The summed E-state index contributed by atoms with van der Waals surface area (Å²) >= 11 is 5.73. The maximum absolute atomic E-state index is 14.0. The van der Waals surface area contributed by atoms with Crippen LogP contribution in [0.15, 0.2) is 24.4 Å². The lowest BCUT2D eigenvalue weighted by molar-refractivity contribution is -0.137. The Morgan fingerprint density at radius 2 is 2.05 bits per heavy atom. The number of nitrogens with one attached hydrogen (secondary N) is 1. The molecule has 1 amide bonds. The van der Waals surface area contributed by atoms with Gasteiger partial charge in [0.1, 0.15) is 11.5 Å². The molecule has 2 aromatic rings. The van der Waals surface area contributed by atoms with E-state index in [1.807, 2.05) is 0 Å². The van der Waals surface area contributed by atoms with Gasteiger partial charge in [0.25, 0.3) is 0 Å². The van der Waals surface area contributed by atoms with E-state index in [9.17, 15) is 22.4 Å². The second-order valence-corrected chi connectivity index (χ2v) is 4.50. The molecule has 0 aliphatic heterocycles. The third kappa shape index (κ3) is 3.15. The van der Waals surface area contributed by atoms with Crippen LogP contribution in [-0.4, -0.2) is 15.7 Å². The van der Waals surface area contributed by atoms with E-state index in [2.05, 4.69) is 10.4 Å². The Hall–Kier alpha value is -2.09. The molecule has 1 heterocycles. The highest BCUT2D eigenvalue weighted by molar-refractivity contribution is 6.32. The normalized spacial score (nSPS) is 11.5. The Morgan fingerprint density at radius 1 is 1.38 bits per heavy atom. The summed E-state index contributed by atoms with van der Waals surface area (Å²) in [7, 11) is 0. The van der Waals surface area contributed by atoms with Crippen molar-refractivity contribution < 1.29 is 22.4 Å². The molecule has 9 heteroatoms. The van der Waals surface area contributed by atoms with Crippen LogP contribution < -0.4 is 5.32 Å². The lowest BCUT2D eigenvalue weighted by atomic mass is 10.2. The van der Waals surface area contributed by atoms with Crippen molar-refractivity contribution in [3.8, 4) is 5.69 Å². The number of alkyl halides is 3. The summed E-state index contributed by atoms with van der Waals surface area (Å²) < 4.78 is 52.6. The van der Waals surface area contributed by atoms with Gasteiger partial charge >= 0.3 is 6.18 Å². The minimum Gasteiger partial charge on any atom is -0.311 e. The average Bonchev–Trinajstić information content (AvgIpc) is 2.74. The number of anilines is 1. The molecule has 0 unspecified atom stereocenters. The lowest BCUT2D eigenvalue weighted by Gasteiger charge is -2.13. The van der Waals surface area contributed by atoms with Crippen LogP contribution in [0.2, 0.25) is 5.02 Å². The number of nitrogens with zero attached hydrogens (tertiary/aromatic N) is 2. The molecule has 0 saturated carbocycles. The molecule has 0 fully saturated rings. The molecule has 21 heavy (non-hydrogen) atoms. The zero-order chi connectivity index (χ0) is 15.8. The molecule has 0 aliphatic carbocycles. The highest BCUT2D eigenvalue weighted by Gasteiger charge is 2.32. The lowest BCUT2D eigenvalue weighted by Crippen LogP contribution is -2.13. The first-order valence-corrected chi connectivity index (χ1v) is 5.96. The van der Waals surface area contributed by atoms with Crippen LogP contribution in [0.5, 0.6) is 0 Å². The van der Waals surface area contributed by atoms with Crippen LogP contribution in [-0.2, 0) is 11.0 Å². The summed E-state index contributed by atoms with van der Waals surface area (Å²) in [5.41, 5.74) is -1.58. The predicted molar refractivity (Wildman–Crippen MR) is 67.8 cm³/mol. The van der Waals surface area contributed by atoms with E-state index >= 15 is 0 Å². The first kappa shape index (κ1) is 15.3. The van der Waals surface area contributed by atoms with Crippen molar-refractivity contribution in [2.45, 2.75) is 13.1 Å². The number of halogens is 5. The predicted octanol–water partition coefficient (Wildman–Crippen LogP) is 3.64. The van der Waals surface area contributed by atoms with Gasteiger partial charge in [0.05, 0.1) is 16.8 Å². The Balaban J connectivity index is 2.56. The highest BCUT2D eigenvalue weighted by Crippen LogP contribution is 2.35. The number of hydrogen-bond donors (Lipinski definition) is 1. The maximum Gasteiger partial charge on any atom is 0.416 e. The molecule has 0 aliphatic rings. The Labute approximate surface area is 121 Å². The van der Waals surface area contributed by atoms with Crippen molar-refractivity contribution in [1.82, 2.24) is 9.78 Å². The highest BCUT2D eigenvalue weighted by atomic mass is 35.5. The van der Waals surface area contributed by atoms with Crippen LogP contribution >= 0.6 is 11.6 Å². The fraction of sp³-hybridized carbons (Fsp3) is 0.167. The second-order valence-electron chi connectivity index (χ2n) is 4.10. The van der Waals surface area contributed by atoms with Gasteiger partial charge < -0.3 is 5.32 Å². The summed E-state index contributed by atoms with van der Waals surface area (Å²) in [5.74, 6) is -1.56. The first-order chi connectivity index (χ1) is 9.70. The van der Waals surface area contributed by atoms with E-state index in [0.717, 1.165) is 4.68 Å².